The zero-order chi connectivity index (χ0) is 17.9. The molecule has 0 aliphatic rings. The van der Waals surface area contributed by atoms with Crippen molar-refractivity contribution in [3.63, 3.8) is 0 Å². The lowest BCUT2D eigenvalue weighted by Crippen LogP contribution is -2.09. The van der Waals surface area contributed by atoms with Gasteiger partial charge in [-0.1, -0.05) is 25.5 Å². The Labute approximate surface area is 141 Å². The summed E-state index contributed by atoms with van der Waals surface area (Å²) in [4.78, 5) is 33.4. The fourth-order valence-electron chi connectivity index (χ4n) is 1.96. The topological polar surface area (TPSA) is 95.7 Å². The molecule has 7 heteroatoms. The van der Waals surface area contributed by atoms with Crippen LogP contribution in [0.4, 0.5) is 5.69 Å². The van der Waals surface area contributed by atoms with Gasteiger partial charge in [0.05, 0.1) is 11.5 Å². The fraction of sp³-hybridized carbons (Fsp3) is 0.529. The number of carbonyl (C=O) groups excluding carboxylic acids is 2. The molecule has 1 aromatic rings. The third-order valence-electron chi connectivity index (χ3n) is 3.39. The van der Waals surface area contributed by atoms with Crippen LogP contribution in [0.25, 0.3) is 0 Å². The van der Waals surface area contributed by atoms with Gasteiger partial charge in [-0.25, -0.2) is 0 Å². The summed E-state index contributed by atoms with van der Waals surface area (Å²) >= 11 is 0. The van der Waals surface area contributed by atoms with E-state index in [0.717, 1.165) is 12.8 Å². The number of esters is 2. The first-order valence-corrected chi connectivity index (χ1v) is 7.99. The molecule has 132 valence electrons. The second-order valence-corrected chi connectivity index (χ2v) is 5.47. The molecular formula is C17H23NO6. The Morgan fingerprint density at radius 3 is 2.42 bits per heavy atom. The van der Waals surface area contributed by atoms with Crippen LogP contribution in [0.1, 0.15) is 50.2 Å². The van der Waals surface area contributed by atoms with Crippen LogP contribution in [-0.2, 0) is 25.7 Å². The number of rotatable bonds is 10. The highest BCUT2D eigenvalue weighted by Crippen LogP contribution is 2.19. The lowest BCUT2D eigenvalue weighted by molar-refractivity contribution is -0.385. The SMILES string of the molecule is CCCCOC(=O)CCCC(=O)OCc1ccc(C)c([N+](=O)[O-])c1. The maximum absolute atomic E-state index is 11.6. The number of nitro groups is 1. The summed E-state index contributed by atoms with van der Waals surface area (Å²) < 4.78 is 10.1. The molecule has 1 aromatic carbocycles. The minimum atomic E-state index is -0.467. The van der Waals surface area contributed by atoms with Gasteiger partial charge in [0.25, 0.3) is 5.69 Å². The molecule has 24 heavy (non-hydrogen) atoms. The van der Waals surface area contributed by atoms with Crippen molar-refractivity contribution in [3.05, 3.63) is 39.4 Å². The van der Waals surface area contributed by atoms with Crippen molar-refractivity contribution < 1.29 is 24.0 Å². The molecule has 0 aliphatic carbocycles. The van der Waals surface area contributed by atoms with Gasteiger partial charge in [0.2, 0.25) is 0 Å². The lowest BCUT2D eigenvalue weighted by atomic mass is 10.1. The highest BCUT2D eigenvalue weighted by molar-refractivity contribution is 5.72. The van der Waals surface area contributed by atoms with Crippen molar-refractivity contribution in [2.24, 2.45) is 0 Å². The van der Waals surface area contributed by atoms with E-state index in [0.29, 0.717) is 24.2 Å². The minimum absolute atomic E-state index is 0.00151. The molecule has 0 unspecified atom stereocenters. The number of nitro benzene ring substituents is 1. The number of carbonyl (C=O) groups is 2. The van der Waals surface area contributed by atoms with Crippen LogP contribution in [-0.4, -0.2) is 23.5 Å². The van der Waals surface area contributed by atoms with Crippen LogP contribution in [0.15, 0.2) is 18.2 Å². The number of benzene rings is 1. The molecule has 7 nitrogen and oxygen atoms in total. The summed E-state index contributed by atoms with van der Waals surface area (Å²) in [7, 11) is 0. The predicted octanol–water partition coefficient (Wildman–Crippen LogP) is 3.46. The fourth-order valence-corrected chi connectivity index (χ4v) is 1.96. The van der Waals surface area contributed by atoms with Crippen LogP contribution in [0, 0.1) is 17.0 Å². The third kappa shape index (κ3) is 7.21. The van der Waals surface area contributed by atoms with E-state index in [-0.39, 0.29) is 31.1 Å². The second kappa shape index (κ2) is 10.4. The minimum Gasteiger partial charge on any atom is -0.466 e. The molecule has 0 saturated heterocycles. The number of aryl methyl sites for hydroxylation is 1. The summed E-state index contributed by atoms with van der Waals surface area (Å²) in [6.07, 6.45) is 2.43. The van der Waals surface area contributed by atoms with Gasteiger partial charge in [-0.05, 0) is 25.3 Å². The van der Waals surface area contributed by atoms with E-state index in [1.165, 1.54) is 6.07 Å². The van der Waals surface area contributed by atoms with Crippen LogP contribution in [0.3, 0.4) is 0 Å². The Kier molecular flexibility index (Phi) is 8.46. The molecule has 0 heterocycles. The third-order valence-corrected chi connectivity index (χ3v) is 3.39. The molecule has 0 N–H and O–H groups in total. The second-order valence-electron chi connectivity index (χ2n) is 5.47. The van der Waals surface area contributed by atoms with E-state index in [4.69, 9.17) is 9.47 Å². The van der Waals surface area contributed by atoms with E-state index in [9.17, 15) is 19.7 Å². The van der Waals surface area contributed by atoms with Crippen LogP contribution in [0.5, 0.6) is 0 Å². The Bertz CT molecular complexity index is 584. The summed E-state index contributed by atoms with van der Waals surface area (Å²) in [5.41, 5.74) is 1.11. The summed E-state index contributed by atoms with van der Waals surface area (Å²) in [6.45, 7) is 4.03. The Balaban J connectivity index is 2.30. The van der Waals surface area contributed by atoms with E-state index >= 15 is 0 Å². The average molecular weight is 337 g/mol. The van der Waals surface area contributed by atoms with Gasteiger partial charge in [0, 0.05) is 24.5 Å². The first kappa shape index (κ1) is 19.6. The van der Waals surface area contributed by atoms with Crippen molar-refractivity contribution in [2.45, 2.75) is 52.6 Å². The van der Waals surface area contributed by atoms with Gasteiger partial charge in [-0.15, -0.1) is 0 Å². The quantitative estimate of drug-likeness (QED) is 0.281. The van der Waals surface area contributed by atoms with Crippen molar-refractivity contribution in [1.82, 2.24) is 0 Å². The highest BCUT2D eigenvalue weighted by atomic mass is 16.6. The molecule has 0 aromatic heterocycles. The summed E-state index contributed by atoms with van der Waals surface area (Å²) in [5, 5.41) is 10.9. The number of hydrogen-bond donors (Lipinski definition) is 0. The van der Waals surface area contributed by atoms with Crippen LogP contribution in [0.2, 0.25) is 0 Å². The smallest absolute Gasteiger partial charge is 0.306 e. The van der Waals surface area contributed by atoms with Crippen molar-refractivity contribution in [1.29, 1.82) is 0 Å². The van der Waals surface area contributed by atoms with Gasteiger partial charge < -0.3 is 9.47 Å². The predicted molar refractivity (Wildman–Crippen MR) is 87.3 cm³/mol. The Morgan fingerprint density at radius 2 is 1.79 bits per heavy atom. The van der Waals surface area contributed by atoms with Crippen LogP contribution < -0.4 is 0 Å². The molecule has 0 spiro atoms. The van der Waals surface area contributed by atoms with Crippen molar-refractivity contribution in [2.75, 3.05) is 6.61 Å². The maximum Gasteiger partial charge on any atom is 0.306 e. The number of hydrogen-bond acceptors (Lipinski definition) is 6. The first-order chi connectivity index (χ1) is 11.4. The van der Waals surface area contributed by atoms with E-state index in [2.05, 4.69) is 0 Å². The standard InChI is InChI=1S/C17H23NO6/c1-3-4-10-23-16(19)6-5-7-17(20)24-12-14-9-8-13(2)15(11-14)18(21)22/h8-9,11H,3-7,10,12H2,1-2H3. The number of nitrogens with zero attached hydrogens (tertiary/aromatic N) is 1. The molecule has 1 rings (SSSR count). The molecular weight excluding hydrogens is 314 g/mol. The van der Waals surface area contributed by atoms with Crippen molar-refractivity contribution in [3.8, 4) is 0 Å². The van der Waals surface area contributed by atoms with E-state index in [1.54, 1.807) is 19.1 Å². The molecule has 0 saturated carbocycles. The van der Waals surface area contributed by atoms with Gasteiger partial charge in [-0.3, -0.25) is 19.7 Å². The lowest BCUT2D eigenvalue weighted by Gasteiger charge is -2.06. The number of ether oxygens (including phenoxy) is 2. The molecule has 0 bridgehead atoms. The molecule has 0 aliphatic heterocycles. The van der Waals surface area contributed by atoms with E-state index in [1.807, 2.05) is 6.92 Å². The summed E-state index contributed by atoms with van der Waals surface area (Å²) in [5.74, 6) is -0.759. The number of unbranched alkanes of at least 4 members (excludes halogenated alkanes) is 1. The van der Waals surface area contributed by atoms with E-state index < -0.39 is 10.9 Å². The monoisotopic (exact) mass is 337 g/mol. The van der Waals surface area contributed by atoms with Gasteiger partial charge in [0.1, 0.15) is 6.61 Å². The van der Waals surface area contributed by atoms with Gasteiger partial charge in [0.15, 0.2) is 0 Å². The van der Waals surface area contributed by atoms with Gasteiger partial charge >= 0.3 is 11.9 Å². The molecule has 0 fully saturated rings. The van der Waals surface area contributed by atoms with Gasteiger partial charge in [-0.2, -0.15) is 0 Å². The average Bonchev–Trinajstić information content (AvgIpc) is 2.54. The first-order valence-electron chi connectivity index (χ1n) is 7.99. The maximum atomic E-state index is 11.6. The van der Waals surface area contributed by atoms with Crippen molar-refractivity contribution >= 4 is 17.6 Å². The molecule has 0 radical (unpaired) electrons. The molecule has 0 atom stereocenters. The normalized spacial score (nSPS) is 10.2. The Morgan fingerprint density at radius 1 is 1.12 bits per heavy atom. The molecule has 0 amide bonds. The largest absolute Gasteiger partial charge is 0.466 e. The zero-order valence-corrected chi connectivity index (χ0v) is 14.1. The Hall–Kier alpha value is -2.44. The summed E-state index contributed by atoms with van der Waals surface area (Å²) in [6, 6.07) is 4.70. The van der Waals surface area contributed by atoms with Crippen LogP contribution >= 0.6 is 0 Å². The highest BCUT2D eigenvalue weighted by Gasteiger charge is 2.12. The zero-order valence-electron chi connectivity index (χ0n) is 14.1.